The van der Waals surface area contributed by atoms with Gasteiger partial charge in [0, 0.05) is 53.4 Å². The number of methoxy groups -OCH3 is 1. The number of likely N-dealkylation sites (tertiary alicyclic amines) is 1. The lowest BCUT2D eigenvalue weighted by atomic mass is 9.76. The third kappa shape index (κ3) is 6.66. The Bertz CT molecular complexity index is 1620. The number of pyridine rings is 1. The number of nitrogens with zero attached hydrogens (tertiary/aromatic N) is 2. The molecule has 2 unspecified atom stereocenters. The summed E-state index contributed by atoms with van der Waals surface area (Å²) in [5.74, 6) is -0.441. The molecule has 3 aromatic rings. The molecular weight excluding hydrogens is 583 g/mol. The number of benzene rings is 1. The second-order valence-corrected chi connectivity index (χ2v) is 12.9. The van der Waals surface area contributed by atoms with E-state index in [4.69, 9.17) is 23.9 Å². The van der Waals surface area contributed by atoms with E-state index in [1.165, 1.54) is 29.0 Å². The van der Waals surface area contributed by atoms with Gasteiger partial charge in [-0.05, 0) is 69.2 Å². The molecule has 1 amide bonds. The fourth-order valence-corrected chi connectivity index (χ4v) is 6.72. The number of hydrogen-bond acceptors (Lipinski definition) is 8. The van der Waals surface area contributed by atoms with Crippen LogP contribution in [-0.4, -0.2) is 67.6 Å². The number of rotatable bonds is 8. The van der Waals surface area contributed by atoms with Crippen LogP contribution in [0.15, 0.2) is 47.4 Å². The summed E-state index contributed by atoms with van der Waals surface area (Å²) in [6, 6.07) is 6.27. The van der Waals surface area contributed by atoms with Crippen LogP contribution in [0.2, 0.25) is 0 Å². The van der Waals surface area contributed by atoms with Crippen molar-refractivity contribution in [3.63, 3.8) is 0 Å². The van der Waals surface area contributed by atoms with Crippen molar-refractivity contribution in [1.29, 1.82) is 0 Å². The highest BCUT2D eigenvalue weighted by Crippen LogP contribution is 2.45. The number of thiophene rings is 1. The van der Waals surface area contributed by atoms with E-state index in [9.17, 15) is 14.0 Å². The number of allylic oxidation sites excluding steroid dienone is 3. The van der Waals surface area contributed by atoms with Crippen molar-refractivity contribution in [2.24, 2.45) is 11.8 Å². The van der Waals surface area contributed by atoms with Gasteiger partial charge in [0.2, 0.25) is 0 Å². The number of hydrogen-bond donors (Lipinski definition) is 0. The van der Waals surface area contributed by atoms with Crippen LogP contribution in [0.3, 0.4) is 0 Å². The molecule has 1 fully saturated rings. The smallest absolute Gasteiger partial charge is 0.410 e. The topological polar surface area (TPSA) is 87.2 Å². The molecule has 5 rings (SSSR count). The fourth-order valence-electron chi connectivity index (χ4n) is 5.76. The molecule has 44 heavy (non-hydrogen) atoms. The summed E-state index contributed by atoms with van der Waals surface area (Å²) in [6.07, 6.45) is 4.75. The van der Waals surface area contributed by atoms with Gasteiger partial charge >= 0.3 is 12.1 Å². The van der Waals surface area contributed by atoms with E-state index in [-0.39, 0.29) is 36.8 Å². The van der Waals surface area contributed by atoms with Crippen molar-refractivity contribution in [2.45, 2.75) is 46.6 Å². The third-order valence-electron chi connectivity index (χ3n) is 7.74. The second kappa shape index (κ2) is 13.1. The summed E-state index contributed by atoms with van der Waals surface area (Å²) >= 11 is 1.48. The minimum Gasteiger partial charge on any atom is -0.490 e. The Morgan fingerprint density at radius 2 is 1.98 bits per heavy atom. The molecule has 2 atom stereocenters. The maximum Gasteiger partial charge on any atom is 0.410 e. The van der Waals surface area contributed by atoms with Crippen LogP contribution >= 0.6 is 11.3 Å². The van der Waals surface area contributed by atoms with Crippen molar-refractivity contribution in [3.05, 3.63) is 64.6 Å². The van der Waals surface area contributed by atoms with Crippen LogP contribution < -0.4 is 4.74 Å². The van der Waals surface area contributed by atoms with Gasteiger partial charge in [-0.2, -0.15) is 0 Å². The molecule has 1 aliphatic carbocycles. The predicted molar refractivity (Wildman–Crippen MR) is 169 cm³/mol. The van der Waals surface area contributed by atoms with Crippen LogP contribution in [0.1, 0.15) is 57.2 Å². The van der Waals surface area contributed by atoms with E-state index in [0.717, 1.165) is 22.1 Å². The Balaban J connectivity index is 1.57. The molecule has 10 heteroatoms. The average molecular weight is 623 g/mol. The Morgan fingerprint density at radius 3 is 2.70 bits per heavy atom. The van der Waals surface area contributed by atoms with E-state index in [1.807, 2.05) is 32.2 Å². The summed E-state index contributed by atoms with van der Waals surface area (Å²) < 4.78 is 37.3. The van der Waals surface area contributed by atoms with Gasteiger partial charge in [0.1, 0.15) is 23.8 Å². The number of carbonyl (C=O) groups is 2. The van der Waals surface area contributed by atoms with Crippen molar-refractivity contribution < 1.29 is 32.9 Å². The van der Waals surface area contributed by atoms with E-state index in [0.29, 0.717) is 42.3 Å². The first-order valence-corrected chi connectivity index (χ1v) is 15.8. The molecule has 0 spiro atoms. The molecule has 2 aromatic heterocycles. The van der Waals surface area contributed by atoms with Crippen LogP contribution in [0, 0.1) is 17.7 Å². The van der Waals surface area contributed by atoms with Gasteiger partial charge in [-0.1, -0.05) is 24.6 Å². The summed E-state index contributed by atoms with van der Waals surface area (Å²) in [5.41, 5.74) is 3.54. The van der Waals surface area contributed by atoms with Gasteiger partial charge in [0.15, 0.2) is 5.69 Å². The van der Waals surface area contributed by atoms with Crippen LogP contribution in [0.4, 0.5) is 9.18 Å². The highest BCUT2D eigenvalue weighted by molar-refractivity contribution is 7.17. The number of aromatic nitrogens is 1. The summed E-state index contributed by atoms with van der Waals surface area (Å²) in [5, 5.41) is 2.84. The molecule has 0 bridgehead atoms. The molecule has 0 N–H and O–H groups in total. The Hall–Kier alpha value is -3.76. The van der Waals surface area contributed by atoms with Crippen molar-refractivity contribution in [1.82, 2.24) is 9.88 Å². The van der Waals surface area contributed by atoms with Gasteiger partial charge < -0.3 is 23.8 Å². The number of amides is 1. The van der Waals surface area contributed by atoms with Gasteiger partial charge in [-0.15, -0.1) is 11.3 Å². The quantitative estimate of drug-likeness (QED) is 0.190. The maximum atomic E-state index is 14.4. The molecule has 234 valence electrons. The van der Waals surface area contributed by atoms with Gasteiger partial charge in [-0.25, -0.2) is 19.0 Å². The molecular formula is C34H39FN2O6S. The number of halogens is 1. The SMILES string of the molecule is CCOC(=O)c1nc(C2=CC(C)C3CN(C(=O)OC(C)(C)C)CCC3=C2)c2ccsc2c1-c1ccc(F)cc1OCCOC. The minimum absolute atomic E-state index is 0.120. The van der Waals surface area contributed by atoms with Gasteiger partial charge in [-0.3, -0.25) is 0 Å². The lowest BCUT2D eigenvalue weighted by Crippen LogP contribution is -2.45. The van der Waals surface area contributed by atoms with Crippen molar-refractivity contribution in [3.8, 4) is 16.9 Å². The van der Waals surface area contributed by atoms with E-state index < -0.39 is 17.4 Å². The number of esters is 1. The van der Waals surface area contributed by atoms with Crippen molar-refractivity contribution >= 4 is 39.1 Å². The summed E-state index contributed by atoms with van der Waals surface area (Å²) in [4.78, 5) is 33.0. The lowest BCUT2D eigenvalue weighted by molar-refractivity contribution is 0.0190. The summed E-state index contributed by atoms with van der Waals surface area (Å²) in [6.45, 7) is 11.4. The third-order valence-corrected chi connectivity index (χ3v) is 8.67. The highest BCUT2D eigenvalue weighted by atomic mass is 32.1. The van der Waals surface area contributed by atoms with Crippen LogP contribution in [0.5, 0.6) is 5.75 Å². The standard InChI is InChI=1S/C34H39FN2O6S/c1-7-41-32(38)30-28(24-9-8-23(35)18-27(24)42-14-13-40-6)31-25(11-15-44-31)29(36-30)22-16-20(2)26-19-37(12-10-21(26)17-22)33(39)43-34(3,4)5/h8-9,11,15-18,20,26H,7,10,12-14,19H2,1-6H3. The second-order valence-electron chi connectivity index (χ2n) is 12.0. The normalized spacial score (nSPS) is 18.4. The molecule has 0 saturated carbocycles. The fraction of sp³-hybridized carbons (Fsp3) is 0.441. The molecule has 1 aliphatic heterocycles. The number of fused-ring (bicyclic) bond motifs is 2. The lowest BCUT2D eigenvalue weighted by Gasteiger charge is -2.39. The predicted octanol–water partition coefficient (Wildman–Crippen LogP) is 7.52. The molecule has 0 radical (unpaired) electrons. The van der Waals surface area contributed by atoms with Crippen LogP contribution in [-0.2, 0) is 14.2 Å². The van der Waals surface area contributed by atoms with Gasteiger partial charge in [0.05, 0.1) is 18.9 Å². The Labute approximate surface area is 261 Å². The highest BCUT2D eigenvalue weighted by Gasteiger charge is 2.35. The molecule has 3 heterocycles. The number of carbonyl (C=O) groups excluding carboxylic acids is 2. The van der Waals surface area contributed by atoms with Gasteiger partial charge in [0.25, 0.3) is 0 Å². The summed E-state index contributed by atoms with van der Waals surface area (Å²) in [7, 11) is 1.56. The van der Waals surface area contributed by atoms with E-state index >= 15 is 0 Å². The first kappa shape index (κ1) is 31.7. The molecule has 1 aromatic carbocycles. The van der Waals surface area contributed by atoms with Crippen LogP contribution in [0.25, 0.3) is 26.8 Å². The first-order chi connectivity index (χ1) is 21.0. The Kier molecular flexibility index (Phi) is 9.41. The monoisotopic (exact) mass is 622 g/mol. The van der Waals surface area contributed by atoms with E-state index in [1.54, 1.807) is 25.0 Å². The molecule has 2 aliphatic rings. The largest absolute Gasteiger partial charge is 0.490 e. The first-order valence-electron chi connectivity index (χ1n) is 14.9. The van der Waals surface area contributed by atoms with Crippen molar-refractivity contribution in [2.75, 3.05) is 40.0 Å². The molecule has 1 saturated heterocycles. The molecule has 8 nitrogen and oxygen atoms in total. The zero-order valence-electron chi connectivity index (χ0n) is 26.1. The average Bonchev–Trinajstić information content (AvgIpc) is 3.46. The maximum absolute atomic E-state index is 14.4. The minimum atomic E-state index is -0.563. The number of ether oxygens (including phenoxy) is 4. The Morgan fingerprint density at radius 1 is 1.18 bits per heavy atom. The zero-order chi connectivity index (χ0) is 31.6. The number of piperidine rings is 1. The zero-order valence-corrected chi connectivity index (χ0v) is 26.9. The van der Waals surface area contributed by atoms with E-state index in [2.05, 4.69) is 19.1 Å².